The third kappa shape index (κ3) is 0.834. The van der Waals surface area contributed by atoms with Gasteiger partial charge in [0, 0.05) is 0 Å². The van der Waals surface area contributed by atoms with Crippen LogP contribution in [0.25, 0.3) is 0 Å². The van der Waals surface area contributed by atoms with Gasteiger partial charge >= 0.3 is 0 Å². The summed E-state index contributed by atoms with van der Waals surface area (Å²) in [6.45, 7) is 6.42. The van der Waals surface area contributed by atoms with E-state index in [1.165, 1.54) is 0 Å². The van der Waals surface area contributed by atoms with Crippen LogP contribution in [0.5, 0.6) is 0 Å². The second kappa shape index (κ2) is 2.03. The summed E-state index contributed by atoms with van der Waals surface area (Å²) in [5.41, 5.74) is 0.0208. The highest BCUT2D eigenvalue weighted by Crippen LogP contribution is 2.57. The van der Waals surface area contributed by atoms with Crippen LogP contribution < -0.4 is 0 Å². The van der Waals surface area contributed by atoms with Gasteiger partial charge in [0.15, 0.2) is 0 Å². The van der Waals surface area contributed by atoms with Crippen molar-refractivity contribution in [3.05, 3.63) is 0 Å². The molecule has 0 radical (unpaired) electrons. The largest absolute Gasteiger partial charge is 0.365 e. The quantitative estimate of drug-likeness (QED) is 0.515. The number of ether oxygens (including phenoxy) is 1. The van der Waals surface area contributed by atoms with E-state index in [-0.39, 0.29) is 16.9 Å². The van der Waals surface area contributed by atoms with Crippen molar-refractivity contribution in [3.8, 4) is 6.07 Å². The molecule has 1 saturated heterocycles. The molecule has 1 aliphatic heterocycles. The van der Waals surface area contributed by atoms with Gasteiger partial charge in [0.2, 0.25) is 0 Å². The zero-order valence-electron chi connectivity index (χ0n) is 7.92. The lowest BCUT2D eigenvalue weighted by molar-refractivity contribution is 0.142. The molecule has 2 heteroatoms. The van der Waals surface area contributed by atoms with Gasteiger partial charge in [-0.1, -0.05) is 13.8 Å². The molecule has 12 heavy (non-hydrogen) atoms. The first-order valence-corrected chi connectivity index (χ1v) is 4.58. The van der Waals surface area contributed by atoms with Gasteiger partial charge < -0.3 is 4.74 Å². The Balaban J connectivity index is 2.29. The summed E-state index contributed by atoms with van der Waals surface area (Å²) in [7, 11) is 0. The fourth-order valence-corrected chi connectivity index (χ4v) is 2.60. The van der Waals surface area contributed by atoms with Gasteiger partial charge in [-0.2, -0.15) is 5.26 Å². The topological polar surface area (TPSA) is 36.3 Å². The maximum absolute atomic E-state index is 9.06. The Bertz CT molecular complexity index is 248. The van der Waals surface area contributed by atoms with E-state index in [2.05, 4.69) is 26.8 Å². The lowest BCUT2D eigenvalue weighted by Crippen LogP contribution is -2.39. The molecule has 2 aliphatic rings. The number of nitriles is 1. The van der Waals surface area contributed by atoms with E-state index in [4.69, 9.17) is 10.00 Å². The summed E-state index contributed by atoms with van der Waals surface area (Å²) in [5, 5.41) is 9.06. The van der Waals surface area contributed by atoms with Crippen molar-refractivity contribution in [2.24, 2.45) is 11.3 Å². The summed E-state index contributed by atoms with van der Waals surface area (Å²) >= 11 is 0. The minimum absolute atomic E-state index is 0.0729. The normalized spacial score (nSPS) is 49.2. The molecule has 3 atom stereocenters. The Labute approximate surface area is 73.5 Å². The zero-order chi connectivity index (χ0) is 8.98. The molecule has 2 rings (SSSR count). The summed E-state index contributed by atoms with van der Waals surface area (Å²) in [6, 6.07) is 2.40. The van der Waals surface area contributed by atoms with Crippen LogP contribution in [0.15, 0.2) is 0 Å². The Morgan fingerprint density at radius 3 is 2.58 bits per heavy atom. The summed E-state index contributed by atoms with van der Waals surface area (Å²) < 4.78 is 5.58. The molecule has 1 heterocycles. The second-order valence-corrected chi connectivity index (χ2v) is 4.88. The number of hydrogen-bond acceptors (Lipinski definition) is 2. The van der Waals surface area contributed by atoms with Gasteiger partial charge in [-0.25, -0.2) is 0 Å². The number of hydrogen-bond donors (Lipinski definition) is 0. The fourth-order valence-electron chi connectivity index (χ4n) is 2.60. The predicted octanol–water partition coefficient (Wildman–Crippen LogP) is 2.10. The van der Waals surface area contributed by atoms with E-state index in [1.807, 2.05) is 0 Å². The maximum atomic E-state index is 9.06. The second-order valence-electron chi connectivity index (χ2n) is 4.88. The van der Waals surface area contributed by atoms with E-state index in [1.54, 1.807) is 0 Å². The van der Waals surface area contributed by atoms with E-state index < -0.39 is 0 Å². The number of nitrogens with zero attached hydrogens (tertiary/aromatic N) is 1. The molecule has 66 valence electrons. The first kappa shape index (κ1) is 8.07. The van der Waals surface area contributed by atoms with Crippen LogP contribution in [-0.2, 0) is 4.74 Å². The fraction of sp³-hybridized carbons (Fsp3) is 0.900. The van der Waals surface area contributed by atoms with Crippen LogP contribution in [-0.4, -0.2) is 11.7 Å². The number of fused-ring (bicyclic) bond motifs is 1. The van der Waals surface area contributed by atoms with E-state index in [0.717, 1.165) is 12.8 Å². The average molecular weight is 165 g/mol. The van der Waals surface area contributed by atoms with Gasteiger partial charge in [0.05, 0.1) is 18.1 Å². The number of epoxide rings is 1. The predicted molar refractivity (Wildman–Crippen MR) is 45.4 cm³/mol. The molecule has 0 spiro atoms. The molecule has 0 bridgehead atoms. The van der Waals surface area contributed by atoms with Crippen molar-refractivity contribution in [2.45, 2.75) is 45.3 Å². The van der Waals surface area contributed by atoms with Gasteiger partial charge in [0.1, 0.15) is 5.60 Å². The van der Waals surface area contributed by atoms with Crippen LogP contribution in [0.2, 0.25) is 0 Å². The molecule has 3 unspecified atom stereocenters. The highest BCUT2D eigenvalue weighted by molar-refractivity contribution is 5.18. The molecule has 2 nitrogen and oxygen atoms in total. The van der Waals surface area contributed by atoms with Crippen molar-refractivity contribution >= 4 is 0 Å². The van der Waals surface area contributed by atoms with Crippen LogP contribution >= 0.6 is 0 Å². The van der Waals surface area contributed by atoms with Crippen molar-refractivity contribution in [1.82, 2.24) is 0 Å². The molecule has 1 aliphatic carbocycles. The molecule has 0 aromatic carbocycles. The molecule has 1 saturated carbocycles. The van der Waals surface area contributed by atoms with E-state index >= 15 is 0 Å². The monoisotopic (exact) mass is 165 g/mol. The van der Waals surface area contributed by atoms with Crippen LogP contribution in [0, 0.1) is 22.7 Å². The summed E-state index contributed by atoms with van der Waals surface area (Å²) in [6.07, 6.45) is 2.61. The standard InChI is InChI=1S/C10H15NO/c1-9(2)5-4-8-10(3,12-8)7(9)6-11/h7-8H,4-5H2,1-3H3. The van der Waals surface area contributed by atoms with E-state index in [9.17, 15) is 0 Å². The van der Waals surface area contributed by atoms with E-state index in [0.29, 0.717) is 6.10 Å². The smallest absolute Gasteiger partial charge is 0.108 e. The van der Waals surface area contributed by atoms with Crippen LogP contribution in [0.3, 0.4) is 0 Å². The lowest BCUT2D eigenvalue weighted by Gasteiger charge is -2.35. The average Bonchev–Trinajstić information content (AvgIpc) is 2.59. The molecule has 2 fully saturated rings. The van der Waals surface area contributed by atoms with Crippen molar-refractivity contribution in [1.29, 1.82) is 5.26 Å². The molecule has 0 N–H and O–H groups in total. The molecular formula is C10H15NO. The molecule has 0 aromatic rings. The highest BCUT2D eigenvalue weighted by atomic mass is 16.6. The zero-order valence-corrected chi connectivity index (χ0v) is 7.92. The SMILES string of the molecule is CC1(C)CCC2OC2(C)C1C#N. The van der Waals surface area contributed by atoms with Crippen molar-refractivity contribution in [2.75, 3.05) is 0 Å². The molecule has 0 amide bonds. The first-order valence-electron chi connectivity index (χ1n) is 4.58. The van der Waals surface area contributed by atoms with Gasteiger partial charge in [-0.3, -0.25) is 0 Å². The molecule has 0 aromatic heterocycles. The minimum Gasteiger partial charge on any atom is -0.365 e. The Morgan fingerprint density at radius 1 is 1.42 bits per heavy atom. The number of rotatable bonds is 0. The first-order chi connectivity index (χ1) is 5.50. The lowest BCUT2D eigenvalue weighted by atomic mass is 9.65. The van der Waals surface area contributed by atoms with Gasteiger partial charge in [0.25, 0.3) is 0 Å². The van der Waals surface area contributed by atoms with Crippen molar-refractivity contribution in [3.63, 3.8) is 0 Å². The van der Waals surface area contributed by atoms with Crippen LogP contribution in [0.1, 0.15) is 33.6 Å². The summed E-state index contributed by atoms with van der Waals surface area (Å²) in [4.78, 5) is 0. The summed E-state index contributed by atoms with van der Waals surface area (Å²) in [5.74, 6) is 0.0729. The molecular weight excluding hydrogens is 150 g/mol. The van der Waals surface area contributed by atoms with Crippen LogP contribution in [0.4, 0.5) is 0 Å². The van der Waals surface area contributed by atoms with Gasteiger partial charge in [-0.05, 0) is 25.2 Å². The van der Waals surface area contributed by atoms with Crippen molar-refractivity contribution < 1.29 is 4.74 Å². The highest BCUT2D eigenvalue weighted by Gasteiger charge is 2.64. The Morgan fingerprint density at radius 2 is 2.08 bits per heavy atom. The Hall–Kier alpha value is -0.550. The van der Waals surface area contributed by atoms with Gasteiger partial charge in [-0.15, -0.1) is 0 Å². The Kier molecular flexibility index (Phi) is 1.36. The maximum Gasteiger partial charge on any atom is 0.108 e. The minimum atomic E-state index is -0.115. The third-order valence-electron chi connectivity index (χ3n) is 3.51. The third-order valence-corrected chi connectivity index (χ3v) is 3.51.